The summed E-state index contributed by atoms with van der Waals surface area (Å²) in [4.78, 5) is 10.2. The molecule has 0 amide bonds. The van der Waals surface area contributed by atoms with Crippen LogP contribution in [0, 0.1) is 0 Å². The fourth-order valence-corrected chi connectivity index (χ4v) is 0.754. The van der Waals surface area contributed by atoms with Crippen LogP contribution in [0.15, 0.2) is 0 Å². The maximum atomic E-state index is 10.2. The fourth-order valence-electron chi connectivity index (χ4n) is 0.754. The quantitative estimate of drug-likeness (QED) is 0.541. The normalized spacial score (nSPS) is 31.0. The van der Waals surface area contributed by atoms with E-state index in [1.165, 1.54) is 6.92 Å². The van der Waals surface area contributed by atoms with Crippen molar-refractivity contribution in [3.8, 4) is 0 Å². The minimum Gasteiger partial charge on any atom is -0.463 e. The third-order valence-corrected chi connectivity index (χ3v) is 1.29. The van der Waals surface area contributed by atoms with E-state index in [1.807, 2.05) is 0 Å². The monoisotopic (exact) mass is 146 g/mol. The molecule has 4 nitrogen and oxygen atoms in total. The van der Waals surface area contributed by atoms with E-state index in [4.69, 9.17) is 9.84 Å². The summed E-state index contributed by atoms with van der Waals surface area (Å²) in [6.45, 7) is 1.60. The molecule has 0 aromatic rings. The topological polar surface area (TPSA) is 55.8 Å². The Labute approximate surface area is 58.7 Å². The lowest BCUT2D eigenvalue weighted by molar-refractivity contribution is -0.243. The number of aliphatic hydroxyl groups is 1. The fraction of sp³-hybridized carbons (Fsp3) is 0.833. The molecule has 1 heterocycles. The predicted molar refractivity (Wildman–Crippen MR) is 32.1 cm³/mol. The van der Waals surface area contributed by atoms with Gasteiger partial charge in [0.2, 0.25) is 0 Å². The van der Waals surface area contributed by atoms with Crippen molar-refractivity contribution in [1.82, 2.24) is 0 Å². The highest BCUT2D eigenvalue weighted by Gasteiger charge is 2.28. The zero-order chi connectivity index (χ0) is 7.56. The van der Waals surface area contributed by atoms with Gasteiger partial charge in [-0.25, -0.2) is 0 Å². The van der Waals surface area contributed by atoms with Crippen molar-refractivity contribution >= 4 is 5.97 Å². The second kappa shape index (κ2) is 2.98. The van der Waals surface area contributed by atoms with Gasteiger partial charge < -0.3 is 14.6 Å². The zero-order valence-electron chi connectivity index (χ0n) is 5.74. The van der Waals surface area contributed by atoms with Crippen LogP contribution in [0.3, 0.4) is 0 Å². The highest BCUT2D eigenvalue weighted by Crippen LogP contribution is 2.17. The van der Waals surface area contributed by atoms with Crippen LogP contribution >= 0.6 is 0 Å². The zero-order valence-corrected chi connectivity index (χ0v) is 5.74. The Balaban J connectivity index is 2.00. The second-order valence-electron chi connectivity index (χ2n) is 2.25. The van der Waals surface area contributed by atoms with Gasteiger partial charge in [0.25, 0.3) is 0 Å². The molecule has 1 unspecified atom stereocenters. The van der Waals surface area contributed by atoms with Crippen LogP contribution < -0.4 is 0 Å². The van der Waals surface area contributed by atoms with E-state index in [1.54, 1.807) is 0 Å². The molecule has 1 aliphatic heterocycles. The van der Waals surface area contributed by atoms with Gasteiger partial charge in [0, 0.05) is 13.3 Å². The Morgan fingerprint density at radius 3 is 2.90 bits per heavy atom. The van der Waals surface area contributed by atoms with Crippen molar-refractivity contribution in [1.29, 1.82) is 0 Å². The number of esters is 1. The molecule has 58 valence electrons. The van der Waals surface area contributed by atoms with Gasteiger partial charge in [-0.3, -0.25) is 4.79 Å². The van der Waals surface area contributed by atoms with Gasteiger partial charge in [-0.1, -0.05) is 0 Å². The molecule has 0 spiro atoms. The number of ether oxygens (including phenoxy) is 2. The smallest absolute Gasteiger partial charge is 0.302 e. The minimum atomic E-state index is -0.652. The molecule has 1 N–H and O–H groups in total. The summed E-state index contributed by atoms with van der Waals surface area (Å²) >= 11 is 0. The molecule has 2 atom stereocenters. The van der Waals surface area contributed by atoms with Crippen molar-refractivity contribution in [3.05, 3.63) is 0 Å². The van der Waals surface area contributed by atoms with Crippen molar-refractivity contribution in [2.24, 2.45) is 0 Å². The minimum absolute atomic E-state index is 0.0982. The van der Waals surface area contributed by atoms with Gasteiger partial charge >= 0.3 is 5.97 Å². The molecule has 0 bridgehead atoms. The molecule has 1 saturated heterocycles. The highest BCUT2D eigenvalue weighted by molar-refractivity contribution is 5.65. The highest BCUT2D eigenvalue weighted by atomic mass is 16.6. The van der Waals surface area contributed by atoms with Crippen LogP contribution in [0.2, 0.25) is 0 Å². The number of carbonyl (C=O) groups is 1. The van der Waals surface area contributed by atoms with Crippen LogP contribution in [0.5, 0.6) is 0 Å². The molecule has 0 aromatic heterocycles. The van der Waals surface area contributed by atoms with Crippen LogP contribution in [0.25, 0.3) is 0 Å². The van der Waals surface area contributed by atoms with Crippen LogP contribution in [-0.4, -0.2) is 30.1 Å². The molecule has 0 saturated carbocycles. The van der Waals surface area contributed by atoms with E-state index in [2.05, 4.69) is 4.74 Å². The van der Waals surface area contributed by atoms with Crippen molar-refractivity contribution in [3.63, 3.8) is 0 Å². The molecule has 4 heteroatoms. The predicted octanol–water partition coefficient (Wildman–Crippen LogP) is -0.343. The number of hydrogen-bond acceptors (Lipinski definition) is 4. The first-order valence-corrected chi connectivity index (χ1v) is 3.15. The number of rotatable bonds is 2. The summed E-state index contributed by atoms with van der Waals surface area (Å²) in [5.41, 5.74) is 0. The molecule has 0 aromatic carbocycles. The molecule has 1 rings (SSSR count). The van der Waals surface area contributed by atoms with Gasteiger partial charge in [-0.2, -0.15) is 0 Å². The lowest BCUT2D eigenvalue weighted by Gasteiger charge is -2.31. The molecule has 0 radical (unpaired) electrons. The third-order valence-electron chi connectivity index (χ3n) is 1.29. The average molecular weight is 146 g/mol. The number of carbonyl (C=O) groups excluding carboxylic acids is 1. The Hall–Kier alpha value is -0.610. The summed E-state index contributed by atoms with van der Waals surface area (Å²) < 4.78 is 9.39. The molecule has 0 aliphatic carbocycles. The van der Waals surface area contributed by atoms with E-state index in [0.717, 1.165) is 0 Å². The molecular formula is C6H10O4. The molecule has 1 fully saturated rings. The maximum Gasteiger partial charge on any atom is 0.302 e. The SMILES string of the molecule is CC(=O)OCC1C[C@@H](O)O1. The third kappa shape index (κ3) is 1.97. The van der Waals surface area contributed by atoms with Crippen molar-refractivity contribution < 1.29 is 19.4 Å². The lowest BCUT2D eigenvalue weighted by Crippen LogP contribution is -2.40. The number of hydrogen-bond donors (Lipinski definition) is 1. The lowest BCUT2D eigenvalue weighted by atomic mass is 10.2. The summed E-state index contributed by atoms with van der Waals surface area (Å²) in [5, 5.41) is 8.62. The first-order valence-electron chi connectivity index (χ1n) is 3.15. The second-order valence-corrected chi connectivity index (χ2v) is 2.25. The molecule has 10 heavy (non-hydrogen) atoms. The molecular weight excluding hydrogens is 136 g/mol. The first-order chi connectivity index (χ1) is 4.68. The number of aliphatic hydroxyl groups excluding tert-OH is 1. The van der Waals surface area contributed by atoms with Crippen LogP contribution in [-0.2, 0) is 14.3 Å². The van der Waals surface area contributed by atoms with E-state index < -0.39 is 6.29 Å². The van der Waals surface area contributed by atoms with Gasteiger partial charge in [0.15, 0.2) is 6.29 Å². The van der Waals surface area contributed by atoms with Gasteiger partial charge in [0.1, 0.15) is 6.61 Å². The van der Waals surface area contributed by atoms with E-state index in [0.29, 0.717) is 6.42 Å². The summed E-state index contributed by atoms with van der Waals surface area (Å²) in [5.74, 6) is -0.315. The maximum absolute atomic E-state index is 10.2. The summed E-state index contributed by atoms with van der Waals surface area (Å²) in [7, 11) is 0. The van der Waals surface area contributed by atoms with Gasteiger partial charge in [0.05, 0.1) is 6.10 Å². The largest absolute Gasteiger partial charge is 0.463 e. The standard InChI is InChI=1S/C6H10O4/c1-4(7)9-3-5-2-6(8)10-5/h5-6,8H,2-3H2,1H3/t5?,6-/m0/s1. The van der Waals surface area contributed by atoms with E-state index >= 15 is 0 Å². The van der Waals surface area contributed by atoms with Gasteiger partial charge in [-0.15, -0.1) is 0 Å². The summed E-state index contributed by atoms with van der Waals surface area (Å²) in [6.07, 6.45) is -0.188. The van der Waals surface area contributed by atoms with Crippen LogP contribution in [0.4, 0.5) is 0 Å². The Bertz CT molecular complexity index is 128. The Morgan fingerprint density at radius 1 is 1.90 bits per heavy atom. The van der Waals surface area contributed by atoms with Crippen molar-refractivity contribution in [2.45, 2.75) is 25.7 Å². The first kappa shape index (κ1) is 7.50. The van der Waals surface area contributed by atoms with E-state index in [9.17, 15) is 4.79 Å². The Morgan fingerprint density at radius 2 is 2.50 bits per heavy atom. The van der Waals surface area contributed by atoms with Crippen LogP contribution in [0.1, 0.15) is 13.3 Å². The van der Waals surface area contributed by atoms with Gasteiger partial charge in [-0.05, 0) is 0 Å². The Kier molecular flexibility index (Phi) is 2.24. The molecule has 1 aliphatic rings. The van der Waals surface area contributed by atoms with E-state index in [-0.39, 0.29) is 18.7 Å². The summed E-state index contributed by atoms with van der Waals surface area (Å²) in [6, 6.07) is 0. The average Bonchev–Trinajstić information content (AvgIpc) is 1.77. The van der Waals surface area contributed by atoms with Crippen molar-refractivity contribution in [2.75, 3.05) is 6.61 Å².